The molecule has 15 heavy (non-hydrogen) atoms. The third-order valence-electron chi connectivity index (χ3n) is 2.30. The van der Waals surface area contributed by atoms with Crippen LogP contribution in [0.5, 0.6) is 0 Å². The highest BCUT2D eigenvalue weighted by Gasteiger charge is 2.07. The van der Waals surface area contributed by atoms with Crippen LogP contribution in [0.25, 0.3) is 11.4 Å². The number of nitrogens with two attached hydrogens (primary N) is 1. The summed E-state index contributed by atoms with van der Waals surface area (Å²) in [6.07, 6.45) is 0.751. The van der Waals surface area contributed by atoms with E-state index in [4.69, 9.17) is 10.3 Å². The lowest BCUT2D eigenvalue weighted by Gasteiger charge is -2.00. The number of benzene rings is 1. The first-order chi connectivity index (χ1) is 7.20. The molecule has 0 unspecified atom stereocenters. The number of nitrogens with zero attached hydrogens (tertiary/aromatic N) is 2. The van der Waals surface area contributed by atoms with Crippen molar-refractivity contribution in [3.8, 4) is 11.4 Å². The van der Waals surface area contributed by atoms with E-state index in [1.165, 1.54) is 0 Å². The summed E-state index contributed by atoms with van der Waals surface area (Å²) in [5.74, 6) is 1.27. The first-order valence-corrected chi connectivity index (χ1v) is 4.89. The topological polar surface area (TPSA) is 64.9 Å². The fraction of sp³-hybridized carbons (Fsp3) is 0.273. The molecule has 0 spiro atoms. The quantitative estimate of drug-likeness (QED) is 0.760. The minimum absolute atomic E-state index is 0.620. The van der Waals surface area contributed by atoms with Crippen molar-refractivity contribution in [1.29, 1.82) is 0 Å². The van der Waals surface area contributed by atoms with Gasteiger partial charge in [-0.3, -0.25) is 0 Å². The Labute approximate surface area is 88.1 Å². The summed E-state index contributed by atoms with van der Waals surface area (Å²) >= 11 is 0. The van der Waals surface area contributed by atoms with Crippen molar-refractivity contribution in [1.82, 2.24) is 10.1 Å². The number of aromatic nitrogens is 2. The molecule has 1 heterocycles. The Bertz CT molecular complexity index is 476. The molecule has 2 N–H and O–H groups in total. The monoisotopic (exact) mass is 203 g/mol. The smallest absolute Gasteiger partial charge is 0.226 e. The van der Waals surface area contributed by atoms with E-state index < -0.39 is 0 Å². The predicted molar refractivity (Wildman–Crippen MR) is 58.3 cm³/mol. The van der Waals surface area contributed by atoms with E-state index in [1.807, 2.05) is 32.0 Å². The van der Waals surface area contributed by atoms with Gasteiger partial charge in [-0.15, -0.1) is 0 Å². The zero-order valence-electron chi connectivity index (χ0n) is 8.82. The van der Waals surface area contributed by atoms with Crippen molar-refractivity contribution in [3.63, 3.8) is 0 Å². The van der Waals surface area contributed by atoms with Crippen molar-refractivity contribution in [2.75, 3.05) is 5.73 Å². The highest BCUT2D eigenvalue weighted by Crippen LogP contribution is 2.20. The average molecular weight is 203 g/mol. The van der Waals surface area contributed by atoms with Crippen LogP contribution in [0.1, 0.15) is 18.4 Å². The Morgan fingerprint density at radius 1 is 1.40 bits per heavy atom. The molecular weight excluding hydrogens is 190 g/mol. The van der Waals surface area contributed by atoms with Crippen molar-refractivity contribution in [3.05, 3.63) is 29.7 Å². The number of hydrogen-bond donors (Lipinski definition) is 1. The molecule has 0 amide bonds. The molecule has 1 aromatic carbocycles. The van der Waals surface area contributed by atoms with Gasteiger partial charge in [0.05, 0.1) is 0 Å². The number of anilines is 1. The van der Waals surface area contributed by atoms with Crippen LogP contribution < -0.4 is 5.73 Å². The maximum atomic E-state index is 5.73. The van der Waals surface area contributed by atoms with E-state index in [1.54, 1.807) is 0 Å². The highest BCUT2D eigenvalue weighted by atomic mass is 16.5. The first-order valence-electron chi connectivity index (χ1n) is 4.89. The second-order valence-corrected chi connectivity index (χ2v) is 3.44. The molecule has 2 aromatic rings. The standard InChI is InChI=1S/C11H13N3O/c1-3-10-13-11(14-15-10)8-4-5-9(12)7(2)6-8/h4-6H,3,12H2,1-2H3. The molecule has 1 aromatic heterocycles. The lowest BCUT2D eigenvalue weighted by Crippen LogP contribution is -1.90. The summed E-state index contributed by atoms with van der Waals surface area (Å²) in [4.78, 5) is 4.25. The number of nitrogen functional groups attached to an aromatic ring is 1. The maximum Gasteiger partial charge on any atom is 0.226 e. The van der Waals surface area contributed by atoms with Crippen molar-refractivity contribution in [2.45, 2.75) is 20.3 Å². The molecule has 0 radical (unpaired) electrons. The SMILES string of the molecule is CCc1nc(-c2ccc(N)c(C)c2)no1. The normalized spacial score (nSPS) is 10.5. The molecule has 0 fully saturated rings. The van der Waals surface area contributed by atoms with Gasteiger partial charge in [-0.25, -0.2) is 0 Å². The van der Waals surface area contributed by atoms with Gasteiger partial charge in [-0.1, -0.05) is 12.1 Å². The summed E-state index contributed by atoms with van der Waals surface area (Å²) in [5, 5.41) is 3.90. The van der Waals surface area contributed by atoms with Crippen LogP contribution in [-0.2, 0) is 6.42 Å². The van der Waals surface area contributed by atoms with Crippen LogP contribution in [0.4, 0.5) is 5.69 Å². The highest BCUT2D eigenvalue weighted by molar-refractivity contribution is 5.61. The Balaban J connectivity index is 2.40. The molecule has 0 bridgehead atoms. The minimum Gasteiger partial charge on any atom is -0.399 e. The largest absolute Gasteiger partial charge is 0.399 e. The molecule has 0 aliphatic rings. The number of hydrogen-bond acceptors (Lipinski definition) is 4. The van der Waals surface area contributed by atoms with Crippen molar-refractivity contribution < 1.29 is 4.52 Å². The van der Waals surface area contributed by atoms with Crippen molar-refractivity contribution >= 4 is 5.69 Å². The molecule has 0 saturated carbocycles. The summed E-state index contributed by atoms with van der Waals surface area (Å²) in [6.45, 7) is 3.94. The molecule has 0 aliphatic heterocycles. The van der Waals surface area contributed by atoms with Gasteiger partial charge in [0.25, 0.3) is 0 Å². The molecular formula is C11H13N3O. The maximum absolute atomic E-state index is 5.73. The number of aryl methyl sites for hydroxylation is 2. The summed E-state index contributed by atoms with van der Waals surface area (Å²) in [6, 6.07) is 5.71. The zero-order chi connectivity index (χ0) is 10.8. The summed E-state index contributed by atoms with van der Waals surface area (Å²) in [7, 11) is 0. The molecule has 0 atom stereocenters. The lowest BCUT2D eigenvalue weighted by molar-refractivity contribution is 0.383. The Hall–Kier alpha value is -1.84. The molecule has 78 valence electrons. The van der Waals surface area contributed by atoms with Crippen LogP contribution >= 0.6 is 0 Å². The molecule has 2 rings (SSSR count). The van der Waals surface area contributed by atoms with Gasteiger partial charge >= 0.3 is 0 Å². The van der Waals surface area contributed by atoms with Gasteiger partial charge in [-0.2, -0.15) is 4.98 Å². The van der Waals surface area contributed by atoms with Gasteiger partial charge in [-0.05, 0) is 30.7 Å². The van der Waals surface area contributed by atoms with E-state index in [9.17, 15) is 0 Å². The lowest BCUT2D eigenvalue weighted by atomic mass is 10.1. The fourth-order valence-corrected chi connectivity index (χ4v) is 1.33. The molecule has 0 aliphatic carbocycles. The van der Waals surface area contributed by atoms with Gasteiger partial charge in [0.2, 0.25) is 11.7 Å². The van der Waals surface area contributed by atoms with Crippen LogP contribution in [0.3, 0.4) is 0 Å². The number of rotatable bonds is 2. The zero-order valence-corrected chi connectivity index (χ0v) is 8.82. The van der Waals surface area contributed by atoms with E-state index in [2.05, 4.69) is 10.1 Å². The molecule has 0 saturated heterocycles. The molecule has 4 heteroatoms. The van der Waals surface area contributed by atoms with Crippen LogP contribution in [-0.4, -0.2) is 10.1 Å². The predicted octanol–water partition coefficient (Wildman–Crippen LogP) is 2.19. The van der Waals surface area contributed by atoms with E-state index in [0.29, 0.717) is 11.7 Å². The Morgan fingerprint density at radius 2 is 2.20 bits per heavy atom. The van der Waals surface area contributed by atoms with Crippen LogP contribution in [0.15, 0.2) is 22.7 Å². The van der Waals surface area contributed by atoms with Gasteiger partial charge in [0, 0.05) is 17.7 Å². The van der Waals surface area contributed by atoms with Crippen LogP contribution in [0, 0.1) is 6.92 Å². The third kappa shape index (κ3) is 1.83. The first kappa shape index (κ1) is 9.71. The van der Waals surface area contributed by atoms with E-state index in [0.717, 1.165) is 23.2 Å². The van der Waals surface area contributed by atoms with Crippen molar-refractivity contribution in [2.24, 2.45) is 0 Å². The van der Waals surface area contributed by atoms with Gasteiger partial charge in [0.1, 0.15) is 0 Å². The second kappa shape index (κ2) is 3.73. The third-order valence-corrected chi connectivity index (χ3v) is 2.30. The van der Waals surface area contributed by atoms with E-state index in [-0.39, 0.29) is 0 Å². The summed E-state index contributed by atoms with van der Waals surface area (Å²) in [5.41, 5.74) is 8.47. The van der Waals surface area contributed by atoms with Gasteiger partial charge < -0.3 is 10.3 Å². The van der Waals surface area contributed by atoms with Gasteiger partial charge in [0.15, 0.2) is 0 Å². The molecule has 4 nitrogen and oxygen atoms in total. The average Bonchev–Trinajstić information content (AvgIpc) is 2.70. The second-order valence-electron chi connectivity index (χ2n) is 3.44. The van der Waals surface area contributed by atoms with E-state index >= 15 is 0 Å². The summed E-state index contributed by atoms with van der Waals surface area (Å²) < 4.78 is 5.05. The fourth-order valence-electron chi connectivity index (χ4n) is 1.33. The Kier molecular flexibility index (Phi) is 2.41. The minimum atomic E-state index is 0.620. The van der Waals surface area contributed by atoms with Crippen LogP contribution in [0.2, 0.25) is 0 Å². The Morgan fingerprint density at radius 3 is 2.80 bits per heavy atom.